The predicted octanol–water partition coefficient (Wildman–Crippen LogP) is 13.7. The van der Waals surface area contributed by atoms with E-state index in [1.807, 2.05) is 60.7 Å². The molecule has 10 aromatic rings. The zero-order chi connectivity index (χ0) is 36.7. The molecule has 0 amide bonds. The Balaban J connectivity index is 1.33. The average molecular weight is 628 g/mol. The second kappa shape index (κ2) is 11.1. The van der Waals surface area contributed by atoms with Crippen molar-refractivity contribution in [3.63, 3.8) is 0 Å². The third kappa shape index (κ3) is 4.33. The van der Waals surface area contributed by atoms with Crippen molar-refractivity contribution in [2.45, 2.75) is 0 Å². The van der Waals surface area contributed by atoms with Gasteiger partial charge < -0.3 is 4.42 Å². The normalized spacial score (nSPS) is 13.1. The zero-order valence-electron chi connectivity index (χ0n) is 31.3. The lowest BCUT2D eigenvalue weighted by atomic mass is 9.83. The van der Waals surface area contributed by atoms with E-state index in [1.165, 1.54) is 0 Å². The summed E-state index contributed by atoms with van der Waals surface area (Å²) < 4.78 is 52.0. The molecule has 0 aliphatic heterocycles. The Morgan fingerprint density at radius 1 is 0.388 bits per heavy atom. The lowest BCUT2D eigenvalue weighted by molar-refractivity contribution is 0.673. The average Bonchev–Trinajstić information content (AvgIpc) is 3.60. The molecule has 49 heavy (non-hydrogen) atoms. The van der Waals surface area contributed by atoms with Crippen LogP contribution in [0.25, 0.3) is 98.8 Å². The Morgan fingerprint density at radius 2 is 0.980 bits per heavy atom. The first-order valence-corrected chi connectivity index (χ1v) is 16.4. The fourth-order valence-corrected chi connectivity index (χ4v) is 7.52. The molecule has 0 bridgehead atoms. The van der Waals surface area contributed by atoms with Crippen molar-refractivity contribution in [3.05, 3.63) is 182 Å². The minimum atomic E-state index is -0.0383. The molecule has 0 fully saturated rings. The summed E-state index contributed by atoms with van der Waals surface area (Å²) in [5.74, 6) is 0. The lowest BCUT2D eigenvalue weighted by Gasteiger charge is -2.19. The van der Waals surface area contributed by atoms with E-state index < -0.39 is 0 Å². The van der Waals surface area contributed by atoms with Crippen molar-refractivity contribution in [3.8, 4) is 44.5 Å². The van der Waals surface area contributed by atoms with Gasteiger partial charge in [0.05, 0.1) is 6.85 Å². The molecular formula is C48H30O. The van der Waals surface area contributed by atoms with Crippen LogP contribution < -0.4 is 0 Å². The van der Waals surface area contributed by atoms with Crippen molar-refractivity contribution in [1.82, 2.24) is 0 Å². The van der Waals surface area contributed by atoms with Crippen molar-refractivity contribution >= 4 is 54.3 Å². The number of rotatable bonds is 4. The van der Waals surface area contributed by atoms with Crippen LogP contribution in [0.1, 0.15) is 6.85 Å². The molecule has 0 saturated heterocycles. The Hall–Kier alpha value is -6.44. The van der Waals surface area contributed by atoms with E-state index in [0.29, 0.717) is 39.9 Å². The summed E-state index contributed by atoms with van der Waals surface area (Å²) in [6, 6.07) is 49.8. The van der Waals surface area contributed by atoms with E-state index in [9.17, 15) is 4.11 Å². The maximum Gasteiger partial charge on any atom is 0.143 e. The van der Waals surface area contributed by atoms with Crippen LogP contribution in [0.4, 0.5) is 0 Å². The van der Waals surface area contributed by atoms with E-state index in [4.69, 9.17) is 7.16 Å². The van der Waals surface area contributed by atoms with Crippen LogP contribution in [-0.4, -0.2) is 0 Å². The highest BCUT2D eigenvalue weighted by atomic mass is 16.3. The molecule has 1 heteroatoms. The van der Waals surface area contributed by atoms with Gasteiger partial charge >= 0.3 is 0 Å². The smallest absolute Gasteiger partial charge is 0.143 e. The van der Waals surface area contributed by atoms with Gasteiger partial charge in [0.1, 0.15) is 11.2 Å². The molecule has 0 atom stereocenters. The minimum absolute atomic E-state index is 0.00257. The summed E-state index contributed by atoms with van der Waals surface area (Å²) in [6.45, 7) is 0. The monoisotopic (exact) mass is 627 g/mol. The van der Waals surface area contributed by atoms with E-state index in [0.717, 1.165) is 70.9 Å². The molecule has 0 radical (unpaired) electrons. The molecule has 0 saturated carbocycles. The lowest BCUT2D eigenvalue weighted by Crippen LogP contribution is -1.92. The number of hydrogen-bond acceptors (Lipinski definition) is 1. The summed E-state index contributed by atoms with van der Waals surface area (Å²) in [5, 5.41) is 7.93. The SMILES string of the molecule is [2H]c1ccc(-c2c([2H])c([2H])c(-c3c4ccccc4c(-c4cccc5oc6c7ccccc7ccc6c45)c4ccccc34)c([2H])c2-c2ccc([2H])cc2)cc1. The van der Waals surface area contributed by atoms with Gasteiger partial charge in [0.2, 0.25) is 0 Å². The first-order valence-electron chi connectivity index (χ1n) is 18.9. The van der Waals surface area contributed by atoms with Gasteiger partial charge in [-0.15, -0.1) is 0 Å². The van der Waals surface area contributed by atoms with Gasteiger partial charge in [0, 0.05) is 16.2 Å². The molecule has 0 aliphatic rings. The van der Waals surface area contributed by atoms with Crippen LogP contribution in [-0.2, 0) is 0 Å². The van der Waals surface area contributed by atoms with Gasteiger partial charge in [-0.1, -0.05) is 164 Å². The highest BCUT2D eigenvalue weighted by Gasteiger charge is 2.21. The third-order valence-corrected chi connectivity index (χ3v) is 9.66. The highest BCUT2D eigenvalue weighted by Crippen LogP contribution is 2.48. The van der Waals surface area contributed by atoms with Gasteiger partial charge in [0.15, 0.2) is 0 Å². The van der Waals surface area contributed by atoms with Crippen molar-refractivity contribution in [2.24, 2.45) is 0 Å². The van der Waals surface area contributed by atoms with E-state index in [-0.39, 0.29) is 18.1 Å². The quantitative estimate of drug-likeness (QED) is 0.177. The zero-order valence-corrected chi connectivity index (χ0v) is 26.3. The molecule has 9 aromatic carbocycles. The van der Waals surface area contributed by atoms with Crippen molar-refractivity contribution in [1.29, 1.82) is 0 Å². The van der Waals surface area contributed by atoms with E-state index >= 15 is 0 Å². The summed E-state index contributed by atoms with van der Waals surface area (Å²) in [4.78, 5) is 0. The number of furan rings is 1. The molecule has 10 rings (SSSR count). The fraction of sp³-hybridized carbons (Fsp3) is 0. The maximum absolute atomic E-state index is 9.96. The molecule has 0 aliphatic carbocycles. The van der Waals surface area contributed by atoms with Crippen LogP contribution in [0.3, 0.4) is 0 Å². The van der Waals surface area contributed by atoms with Crippen LogP contribution in [0.2, 0.25) is 0 Å². The van der Waals surface area contributed by atoms with Gasteiger partial charge in [0.25, 0.3) is 0 Å². The third-order valence-electron chi connectivity index (χ3n) is 9.66. The van der Waals surface area contributed by atoms with Crippen molar-refractivity contribution < 1.29 is 11.3 Å². The Labute approximate surface area is 291 Å². The van der Waals surface area contributed by atoms with Crippen LogP contribution >= 0.6 is 0 Å². The number of benzene rings is 9. The van der Waals surface area contributed by atoms with Gasteiger partial charge in [-0.2, -0.15) is 0 Å². The first-order chi connectivity index (χ1) is 26.4. The number of fused-ring (bicyclic) bond motifs is 7. The van der Waals surface area contributed by atoms with Gasteiger partial charge in [-0.05, 0) is 89.6 Å². The molecular weight excluding hydrogens is 593 g/mol. The van der Waals surface area contributed by atoms with Crippen molar-refractivity contribution in [2.75, 3.05) is 0 Å². The van der Waals surface area contributed by atoms with Gasteiger partial charge in [-0.25, -0.2) is 0 Å². The summed E-state index contributed by atoms with van der Waals surface area (Å²) in [7, 11) is 0. The minimum Gasteiger partial charge on any atom is -0.455 e. The van der Waals surface area contributed by atoms with Crippen LogP contribution in [0, 0.1) is 0 Å². The van der Waals surface area contributed by atoms with E-state index in [1.54, 1.807) is 36.4 Å². The predicted molar refractivity (Wildman–Crippen MR) is 208 cm³/mol. The molecule has 1 nitrogen and oxygen atoms in total. The van der Waals surface area contributed by atoms with Crippen LogP contribution in [0.5, 0.6) is 0 Å². The first kappa shape index (κ1) is 23.0. The molecule has 0 spiro atoms. The number of hydrogen-bond donors (Lipinski definition) is 0. The van der Waals surface area contributed by atoms with Crippen LogP contribution in [0.15, 0.2) is 186 Å². The molecule has 1 aromatic heterocycles. The molecule has 0 unspecified atom stereocenters. The van der Waals surface area contributed by atoms with Gasteiger partial charge in [-0.3, -0.25) is 0 Å². The molecule has 0 N–H and O–H groups in total. The Bertz CT molecular complexity index is 3090. The topological polar surface area (TPSA) is 13.1 Å². The summed E-state index contributed by atoms with van der Waals surface area (Å²) in [5.41, 5.74) is 7.15. The van der Waals surface area contributed by atoms with E-state index in [2.05, 4.69) is 54.6 Å². The standard InChI is InChI=1S/C48H30O/c1-3-14-31(15-4-1)35-28-27-34(30-43(35)32-16-5-2-6-17-32)45-37-20-9-11-22-39(37)46(40-23-12-10-21-38(40)45)41-24-13-25-44-47(41)42-29-26-33-18-7-8-19-36(33)48(42)49-44/h1-30H/i1D,2D,27D,28D,30D. The summed E-state index contributed by atoms with van der Waals surface area (Å²) in [6.07, 6.45) is 0. The second-order valence-electron chi connectivity index (χ2n) is 12.4. The Morgan fingerprint density at radius 3 is 1.65 bits per heavy atom. The fourth-order valence-electron chi connectivity index (χ4n) is 7.52. The maximum atomic E-state index is 9.96. The largest absolute Gasteiger partial charge is 0.455 e. The summed E-state index contributed by atoms with van der Waals surface area (Å²) >= 11 is 0. The Kier molecular flexibility index (Phi) is 5.20. The molecule has 228 valence electrons. The second-order valence-corrected chi connectivity index (χ2v) is 12.4. The molecule has 1 heterocycles. The highest BCUT2D eigenvalue weighted by molar-refractivity contribution is 6.27.